The highest BCUT2D eigenvalue weighted by atomic mass is 35.5. The molecule has 7 heteroatoms. The van der Waals surface area contributed by atoms with Crippen LogP contribution in [0.4, 0.5) is 5.69 Å². The van der Waals surface area contributed by atoms with E-state index in [2.05, 4.69) is 5.32 Å². The smallest absolute Gasteiger partial charge is 0.234 e. The van der Waals surface area contributed by atoms with E-state index in [4.69, 9.17) is 32.7 Å². The zero-order valence-corrected chi connectivity index (χ0v) is 16.1. The lowest BCUT2D eigenvalue weighted by atomic mass is 10.3. The van der Waals surface area contributed by atoms with Gasteiger partial charge in [0.25, 0.3) is 0 Å². The lowest BCUT2D eigenvalue weighted by Crippen LogP contribution is -2.15. The topological polar surface area (TPSA) is 47.6 Å². The lowest BCUT2D eigenvalue weighted by Gasteiger charge is -2.09. The first-order valence-corrected chi connectivity index (χ1v) is 9.68. The van der Waals surface area contributed by atoms with Crippen LogP contribution in [0.2, 0.25) is 10.0 Å². The molecule has 2 aromatic rings. The van der Waals surface area contributed by atoms with Crippen LogP contribution in [-0.4, -0.2) is 30.6 Å². The van der Waals surface area contributed by atoms with Gasteiger partial charge in [-0.3, -0.25) is 4.79 Å². The van der Waals surface area contributed by atoms with Gasteiger partial charge in [0.2, 0.25) is 5.91 Å². The molecule has 0 radical (unpaired) electrons. The molecule has 1 amide bonds. The summed E-state index contributed by atoms with van der Waals surface area (Å²) >= 11 is 13.4. The Morgan fingerprint density at radius 2 is 1.76 bits per heavy atom. The van der Waals surface area contributed by atoms with Crippen LogP contribution in [-0.2, 0) is 4.79 Å². The molecule has 0 aliphatic heterocycles. The standard InChI is InChI=1S/C18H19Cl2NO3S/c1-2-23-13-6-8-14(9-7-13)24-10-11-25-12-17(22)21-16-5-3-4-15(19)18(16)20/h3-9H,2,10-12H2,1H3,(H,21,22). The Labute approximate surface area is 161 Å². The summed E-state index contributed by atoms with van der Waals surface area (Å²) in [6, 6.07) is 12.6. The van der Waals surface area contributed by atoms with Gasteiger partial charge in [-0.25, -0.2) is 0 Å². The number of amides is 1. The molecule has 134 valence electrons. The number of ether oxygens (including phenoxy) is 2. The second-order valence-electron chi connectivity index (χ2n) is 4.96. The zero-order chi connectivity index (χ0) is 18.1. The number of hydrogen-bond acceptors (Lipinski definition) is 4. The average molecular weight is 400 g/mol. The SMILES string of the molecule is CCOc1ccc(OCCSCC(=O)Nc2cccc(Cl)c2Cl)cc1. The Bertz CT molecular complexity index is 695. The van der Waals surface area contributed by atoms with Gasteiger partial charge >= 0.3 is 0 Å². The molecule has 0 fully saturated rings. The highest BCUT2D eigenvalue weighted by Gasteiger charge is 2.08. The average Bonchev–Trinajstić information content (AvgIpc) is 2.60. The fraction of sp³-hybridized carbons (Fsp3) is 0.278. The first kappa shape index (κ1) is 19.8. The van der Waals surface area contributed by atoms with Gasteiger partial charge in [-0.15, -0.1) is 11.8 Å². The summed E-state index contributed by atoms with van der Waals surface area (Å²) < 4.78 is 11.0. The van der Waals surface area contributed by atoms with Crippen molar-refractivity contribution in [1.82, 2.24) is 0 Å². The van der Waals surface area contributed by atoms with Gasteiger partial charge in [-0.1, -0.05) is 29.3 Å². The molecule has 0 unspecified atom stereocenters. The molecular weight excluding hydrogens is 381 g/mol. The molecule has 0 saturated carbocycles. The number of hydrogen-bond donors (Lipinski definition) is 1. The molecule has 2 aromatic carbocycles. The molecule has 0 aliphatic carbocycles. The van der Waals surface area contributed by atoms with Crippen LogP contribution in [0, 0.1) is 0 Å². The monoisotopic (exact) mass is 399 g/mol. The Hall–Kier alpha value is -1.56. The van der Waals surface area contributed by atoms with Crippen molar-refractivity contribution in [3.05, 3.63) is 52.5 Å². The third-order valence-electron chi connectivity index (χ3n) is 3.09. The first-order valence-electron chi connectivity index (χ1n) is 7.77. The van der Waals surface area contributed by atoms with E-state index in [-0.39, 0.29) is 5.91 Å². The maximum absolute atomic E-state index is 11.9. The van der Waals surface area contributed by atoms with Gasteiger partial charge < -0.3 is 14.8 Å². The Balaban J connectivity index is 1.65. The predicted octanol–water partition coefficient (Wildman–Crippen LogP) is 5.14. The third kappa shape index (κ3) is 6.69. The van der Waals surface area contributed by atoms with Crippen LogP contribution in [0.3, 0.4) is 0 Å². The van der Waals surface area contributed by atoms with Gasteiger partial charge in [0.15, 0.2) is 0 Å². The molecule has 0 aromatic heterocycles. The number of anilines is 1. The van der Waals surface area contributed by atoms with Crippen molar-refractivity contribution in [1.29, 1.82) is 0 Å². The predicted molar refractivity (Wildman–Crippen MR) is 106 cm³/mol. The van der Waals surface area contributed by atoms with Crippen molar-refractivity contribution in [3.63, 3.8) is 0 Å². The molecule has 0 spiro atoms. The molecule has 2 rings (SSSR count). The number of halogens is 2. The second-order valence-corrected chi connectivity index (χ2v) is 6.85. The lowest BCUT2D eigenvalue weighted by molar-refractivity contribution is -0.113. The number of rotatable bonds is 9. The van der Waals surface area contributed by atoms with E-state index in [1.54, 1.807) is 18.2 Å². The van der Waals surface area contributed by atoms with E-state index in [0.717, 1.165) is 11.5 Å². The fourth-order valence-corrected chi connectivity index (χ4v) is 2.92. The Kier molecular flexibility index (Phi) is 8.25. The molecule has 0 bridgehead atoms. The van der Waals surface area contributed by atoms with Crippen molar-refractivity contribution >= 4 is 46.6 Å². The summed E-state index contributed by atoms with van der Waals surface area (Å²) in [6.07, 6.45) is 0. The minimum atomic E-state index is -0.129. The van der Waals surface area contributed by atoms with E-state index in [1.165, 1.54) is 11.8 Å². The van der Waals surface area contributed by atoms with Crippen molar-refractivity contribution in [3.8, 4) is 11.5 Å². The van der Waals surface area contributed by atoms with Crippen molar-refractivity contribution in [2.24, 2.45) is 0 Å². The van der Waals surface area contributed by atoms with Gasteiger partial charge in [0, 0.05) is 5.75 Å². The highest BCUT2D eigenvalue weighted by molar-refractivity contribution is 7.99. The summed E-state index contributed by atoms with van der Waals surface area (Å²) in [7, 11) is 0. The number of carbonyl (C=O) groups is 1. The Morgan fingerprint density at radius 1 is 1.08 bits per heavy atom. The van der Waals surface area contributed by atoms with Gasteiger partial charge in [0.1, 0.15) is 11.5 Å². The quantitative estimate of drug-likeness (QED) is 0.592. The normalized spacial score (nSPS) is 10.4. The molecule has 25 heavy (non-hydrogen) atoms. The van der Waals surface area contributed by atoms with Crippen LogP contribution in [0.5, 0.6) is 11.5 Å². The van der Waals surface area contributed by atoms with E-state index in [0.29, 0.717) is 40.5 Å². The van der Waals surface area contributed by atoms with E-state index < -0.39 is 0 Å². The minimum absolute atomic E-state index is 0.129. The number of thioether (sulfide) groups is 1. The van der Waals surface area contributed by atoms with Crippen LogP contribution >= 0.6 is 35.0 Å². The molecule has 0 aliphatic rings. The summed E-state index contributed by atoms with van der Waals surface area (Å²) in [5, 5.41) is 3.51. The summed E-state index contributed by atoms with van der Waals surface area (Å²) in [4.78, 5) is 11.9. The van der Waals surface area contributed by atoms with Gasteiger partial charge in [-0.2, -0.15) is 0 Å². The molecular formula is C18H19Cl2NO3S. The molecule has 4 nitrogen and oxygen atoms in total. The number of nitrogens with one attached hydrogen (secondary N) is 1. The van der Waals surface area contributed by atoms with Crippen LogP contribution in [0.25, 0.3) is 0 Å². The number of carbonyl (C=O) groups excluding carboxylic acids is 1. The molecule has 0 heterocycles. The van der Waals surface area contributed by atoms with E-state index in [9.17, 15) is 4.79 Å². The van der Waals surface area contributed by atoms with Crippen LogP contribution in [0.1, 0.15) is 6.92 Å². The maximum atomic E-state index is 11.9. The number of benzene rings is 2. The molecule has 0 saturated heterocycles. The highest BCUT2D eigenvalue weighted by Crippen LogP contribution is 2.29. The summed E-state index contributed by atoms with van der Waals surface area (Å²) in [6.45, 7) is 3.10. The third-order valence-corrected chi connectivity index (χ3v) is 4.83. The first-order chi connectivity index (χ1) is 12.1. The van der Waals surface area contributed by atoms with Crippen molar-refractivity contribution < 1.29 is 14.3 Å². The minimum Gasteiger partial charge on any atom is -0.494 e. The summed E-state index contributed by atoms with van der Waals surface area (Å²) in [5.41, 5.74) is 0.519. The largest absolute Gasteiger partial charge is 0.494 e. The second kappa shape index (κ2) is 10.4. The van der Waals surface area contributed by atoms with E-state index >= 15 is 0 Å². The molecule has 0 atom stereocenters. The zero-order valence-electron chi connectivity index (χ0n) is 13.8. The van der Waals surface area contributed by atoms with Gasteiger partial charge in [0.05, 0.1) is 34.7 Å². The summed E-state index contributed by atoms with van der Waals surface area (Å²) in [5.74, 6) is 2.48. The fourth-order valence-electron chi connectivity index (χ4n) is 1.97. The molecule has 1 N–H and O–H groups in total. The van der Waals surface area contributed by atoms with E-state index in [1.807, 2.05) is 31.2 Å². The van der Waals surface area contributed by atoms with Crippen molar-refractivity contribution in [2.45, 2.75) is 6.92 Å². The van der Waals surface area contributed by atoms with Gasteiger partial charge in [-0.05, 0) is 43.3 Å². The van der Waals surface area contributed by atoms with Crippen LogP contribution < -0.4 is 14.8 Å². The Morgan fingerprint density at radius 3 is 2.44 bits per heavy atom. The van der Waals surface area contributed by atoms with Crippen LogP contribution in [0.15, 0.2) is 42.5 Å². The maximum Gasteiger partial charge on any atom is 0.234 e. The van der Waals surface area contributed by atoms with Crippen molar-refractivity contribution in [2.75, 3.05) is 30.0 Å².